The second-order valence-corrected chi connectivity index (χ2v) is 9.48. The molecule has 2 amide bonds. The number of thioether (sulfide) groups is 1. The number of hydrogen-bond donors (Lipinski definition) is 2. The molecule has 142 valence electrons. The van der Waals surface area contributed by atoms with E-state index in [1.165, 1.54) is 11.1 Å². The summed E-state index contributed by atoms with van der Waals surface area (Å²) in [4.78, 5) is 16.7. The molecule has 0 fully saturated rings. The first-order valence-electron chi connectivity index (χ1n) is 8.89. The molecule has 2 rings (SSSR count). The first-order valence-corrected chi connectivity index (χ1v) is 10.9. The minimum absolute atomic E-state index is 0.0331. The number of carbonyl (C=O) groups is 1. The first-order chi connectivity index (χ1) is 12.3. The fourth-order valence-corrected chi connectivity index (χ4v) is 4.12. The van der Waals surface area contributed by atoms with Gasteiger partial charge in [0.2, 0.25) is 0 Å². The monoisotopic (exact) mass is 391 g/mol. The average Bonchev–Trinajstić information content (AvgIpc) is 3.06. The molecule has 1 aromatic carbocycles. The number of aryl methyl sites for hydroxylation is 1. The van der Waals surface area contributed by atoms with E-state index in [0.717, 1.165) is 22.2 Å². The predicted molar refractivity (Wildman–Crippen MR) is 113 cm³/mol. The minimum atomic E-state index is -0.138. The molecule has 2 N–H and O–H groups in total. The number of carbonyl (C=O) groups excluding carboxylic acids is 1. The van der Waals surface area contributed by atoms with Gasteiger partial charge in [0.15, 0.2) is 0 Å². The van der Waals surface area contributed by atoms with E-state index >= 15 is 0 Å². The van der Waals surface area contributed by atoms with Gasteiger partial charge in [-0.25, -0.2) is 9.78 Å². The summed E-state index contributed by atoms with van der Waals surface area (Å²) < 4.78 is 0. The Balaban J connectivity index is 1.66. The highest BCUT2D eigenvalue weighted by atomic mass is 32.2. The van der Waals surface area contributed by atoms with Crippen molar-refractivity contribution >= 4 is 29.1 Å². The molecule has 6 heteroatoms. The third kappa shape index (κ3) is 6.65. The van der Waals surface area contributed by atoms with Crippen molar-refractivity contribution in [2.45, 2.75) is 51.8 Å². The summed E-state index contributed by atoms with van der Waals surface area (Å²) in [5, 5.41) is 8.91. The topological polar surface area (TPSA) is 54.0 Å². The molecular formula is C20H29N3OS2. The van der Waals surface area contributed by atoms with Crippen LogP contribution in [0.15, 0.2) is 29.6 Å². The zero-order chi connectivity index (χ0) is 19.2. The summed E-state index contributed by atoms with van der Waals surface area (Å²) in [5.41, 5.74) is 3.70. The van der Waals surface area contributed by atoms with E-state index in [0.29, 0.717) is 6.54 Å². The molecule has 1 aromatic heterocycles. The van der Waals surface area contributed by atoms with Crippen LogP contribution in [0.25, 0.3) is 0 Å². The average molecular weight is 392 g/mol. The fourth-order valence-electron chi connectivity index (χ4n) is 2.25. The molecule has 0 spiro atoms. The first kappa shape index (κ1) is 20.8. The molecule has 0 aliphatic rings. The summed E-state index contributed by atoms with van der Waals surface area (Å²) in [6.45, 7) is 11.1. The Kier molecular flexibility index (Phi) is 7.53. The van der Waals surface area contributed by atoms with E-state index in [1.807, 2.05) is 18.7 Å². The van der Waals surface area contributed by atoms with Crippen molar-refractivity contribution in [1.82, 2.24) is 15.6 Å². The molecule has 0 aliphatic carbocycles. The molecule has 26 heavy (non-hydrogen) atoms. The largest absolute Gasteiger partial charge is 0.337 e. The highest BCUT2D eigenvalue weighted by Gasteiger charge is 2.20. The molecule has 0 bridgehead atoms. The zero-order valence-electron chi connectivity index (χ0n) is 16.3. The summed E-state index contributed by atoms with van der Waals surface area (Å²) in [5.74, 6) is 1.86. The van der Waals surface area contributed by atoms with Gasteiger partial charge in [-0.1, -0.05) is 50.6 Å². The smallest absolute Gasteiger partial charge is 0.315 e. The number of nitrogens with one attached hydrogen (secondary N) is 2. The highest BCUT2D eigenvalue weighted by molar-refractivity contribution is 7.98. The Morgan fingerprint density at radius 3 is 2.58 bits per heavy atom. The SMILES string of the molecule is Cc1ccc(CSCCNC(=O)NC(C)c2nc(C(C)(C)C)cs2)cc1. The van der Waals surface area contributed by atoms with Crippen LogP contribution in [0.2, 0.25) is 0 Å². The summed E-state index contributed by atoms with van der Waals surface area (Å²) in [6.07, 6.45) is 0. The van der Waals surface area contributed by atoms with Crippen LogP contribution in [0.5, 0.6) is 0 Å². The van der Waals surface area contributed by atoms with Crippen molar-refractivity contribution in [2.75, 3.05) is 12.3 Å². The minimum Gasteiger partial charge on any atom is -0.337 e. The molecule has 2 aromatic rings. The van der Waals surface area contributed by atoms with Gasteiger partial charge in [-0.05, 0) is 19.4 Å². The van der Waals surface area contributed by atoms with Crippen LogP contribution in [0.1, 0.15) is 55.6 Å². The molecule has 0 saturated heterocycles. The van der Waals surface area contributed by atoms with E-state index in [-0.39, 0.29) is 17.5 Å². The maximum atomic E-state index is 12.0. The number of hydrogen-bond acceptors (Lipinski definition) is 4. The zero-order valence-corrected chi connectivity index (χ0v) is 17.9. The quantitative estimate of drug-likeness (QED) is 0.650. The second-order valence-electron chi connectivity index (χ2n) is 7.48. The van der Waals surface area contributed by atoms with E-state index in [1.54, 1.807) is 11.3 Å². The van der Waals surface area contributed by atoms with E-state index in [4.69, 9.17) is 0 Å². The lowest BCUT2D eigenvalue weighted by molar-refractivity contribution is 0.238. The lowest BCUT2D eigenvalue weighted by Gasteiger charge is -2.15. The van der Waals surface area contributed by atoms with Crippen molar-refractivity contribution < 1.29 is 4.79 Å². The molecule has 0 radical (unpaired) electrons. The normalized spacial score (nSPS) is 12.7. The van der Waals surface area contributed by atoms with Gasteiger partial charge in [0.1, 0.15) is 5.01 Å². The van der Waals surface area contributed by atoms with Crippen LogP contribution in [-0.2, 0) is 11.2 Å². The standard InChI is InChI=1S/C20H29N3OS2/c1-14-6-8-16(9-7-14)12-25-11-10-21-19(24)22-15(2)18-23-17(13-26-18)20(3,4)5/h6-9,13,15H,10-12H2,1-5H3,(H2,21,22,24). The number of nitrogens with zero attached hydrogens (tertiary/aromatic N) is 1. The van der Waals surface area contributed by atoms with Gasteiger partial charge in [0.05, 0.1) is 11.7 Å². The summed E-state index contributed by atoms with van der Waals surface area (Å²) in [7, 11) is 0. The number of benzene rings is 1. The van der Waals surface area contributed by atoms with Gasteiger partial charge in [0.25, 0.3) is 0 Å². The van der Waals surface area contributed by atoms with Gasteiger partial charge in [-0.3, -0.25) is 0 Å². The van der Waals surface area contributed by atoms with Crippen LogP contribution in [0, 0.1) is 6.92 Å². The van der Waals surface area contributed by atoms with Crippen LogP contribution in [0.4, 0.5) is 4.79 Å². The number of amides is 2. The third-order valence-corrected chi connectivity index (χ3v) is 5.99. The molecule has 1 atom stereocenters. The number of aromatic nitrogens is 1. The predicted octanol–water partition coefficient (Wildman–Crippen LogP) is 5.04. The van der Waals surface area contributed by atoms with E-state index in [2.05, 4.69) is 73.0 Å². The van der Waals surface area contributed by atoms with Crippen molar-refractivity contribution in [2.24, 2.45) is 0 Å². The lowest BCUT2D eigenvalue weighted by atomic mass is 9.93. The van der Waals surface area contributed by atoms with Gasteiger partial charge < -0.3 is 10.6 Å². The van der Waals surface area contributed by atoms with Crippen molar-refractivity contribution in [3.63, 3.8) is 0 Å². The Labute approximate surface area is 165 Å². The molecule has 0 aliphatic heterocycles. The summed E-state index contributed by atoms with van der Waals surface area (Å²) in [6, 6.07) is 8.35. The maximum Gasteiger partial charge on any atom is 0.315 e. The van der Waals surface area contributed by atoms with Crippen molar-refractivity contribution in [3.05, 3.63) is 51.5 Å². The van der Waals surface area contributed by atoms with Gasteiger partial charge >= 0.3 is 6.03 Å². The Morgan fingerprint density at radius 2 is 1.96 bits per heavy atom. The summed E-state index contributed by atoms with van der Waals surface area (Å²) >= 11 is 3.42. The molecule has 4 nitrogen and oxygen atoms in total. The molecular weight excluding hydrogens is 362 g/mol. The van der Waals surface area contributed by atoms with Crippen LogP contribution in [0.3, 0.4) is 0 Å². The van der Waals surface area contributed by atoms with Gasteiger partial charge in [-0.15, -0.1) is 11.3 Å². The number of thiazole rings is 1. The lowest BCUT2D eigenvalue weighted by Crippen LogP contribution is -2.38. The second kappa shape index (κ2) is 9.42. The molecule has 1 heterocycles. The molecule has 0 saturated carbocycles. The number of urea groups is 1. The van der Waals surface area contributed by atoms with Crippen molar-refractivity contribution in [1.29, 1.82) is 0 Å². The fraction of sp³-hybridized carbons (Fsp3) is 0.500. The Hall–Kier alpha value is -1.53. The van der Waals surface area contributed by atoms with E-state index < -0.39 is 0 Å². The van der Waals surface area contributed by atoms with Crippen LogP contribution in [-0.4, -0.2) is 23.3 Å². The van der Waals surface area contributed by atoms with E-state index in [9.17, 15) is 4.79 Å². The maximum absolute atomic E-state index is 12.0. The molecule has 1 unspecified atom stereocenters. The van der Waals surface area contributed by atoms with Crippen LogP contribution < -0.4 is 10.6 Å². The Morgan fingerprint density at radius 1 is 1.27 bits per heavy atom. The van der Waals surface area contributed by atoms with Gasteiger partial charge in [0, 0.05) is 28.8 Å². The Bertz CT molecular complexity index is 705. The third-order valence-electron chi connectivity index (χ3n) is 3.93. The highest BCUT2D eigenvalue weighted by Crippen LogP contribution is 2.26. The van der Waals surface area contributed by atoms with Crippen LogP contribution >= 0.6 is 23.1 Å². The number of rotatable bonds is 7. The van der Waals surface area contributed by atoms with Crippen molar-refractivity contribution in [3.8, 4) is 0 Å². The van der Waals surface area contributed by atoms with Gasteiger partial charge in [-0.2, -0.15) is 11.8 Å².